The fourth-order valence-corrected chi connectivity index (χ4v) is 6.47. The number of piperidine rings is 2. The minimum absolute atomic E-state index is 0.0637. The number of nitrogens with zero attached hydrogens (tertiary/aromatic N) is 2. The Morgan fingerprint density at radius 2 is 1.71 bits per heavy atom. The van der Waals surface area contributed by atoms with E-state index >= 15 is 0 Å². The van der Waals surface area contributed by atoms with E-state index in [4.69, 9.17) is 0 Å². The Morgan fingerprint density at radius 3 is 2.25 bits per heavy atom. The Bertz CT molecular complexity index is 603. The van der Waals surface area contributed by atoms with Gasteiger partial charge < -0.3 is 10.2 Å². The van der Waals surface area contributed by atoms with Crippen molar-refractivity contribution in [2.75, 3.05) is 26.2 Å². The van der Waals surface area contributed by atoms with Crippen LogP contribution in [0, 0.1) is 35.5 Å². The molecular formula is C23H41N3O2. The average molecular weight is 392 g/mol. The highest BCUT2D eigenvalue weighted by Gasteiger charge is 2.71. The van der Waals surface area contributed by atoms with Crippen LogP contribution in [0.1, 0.15) is 61.3 Å². The number of rotatable bonds is 7. The van der Waals surface area contributed by atoms with Gasteiger partial charge in [-0.25, -0.2) is 0 Å². The van der Waals surface area contributed by atoms with E-state index in [-0.39, 0.29) is 23.8 Å². The summed E-state index contributed by atoms with van der Waals surface area (Å²) in [5.74, 6) is 3.01. The zero-order valence-electron chi connectivity index (χ0n) is 19.0. The lowest BCUT2D eigenvalue weighted by Crippen LogP contribution is -2.77. The van der Waals surface area contributed by atoms with Crippen molar-refractivity contribution < 1.29 is 9.59 Å². The summed E-state index contributed by atoms with van der Waals surface area (Å²) in [6.45, 7) is 18.4. The number of carbonyl (C=O) groups excluding carboxylic acids is 2. The minimum atomic E-state index is -0.677. The summed E-state index contributed by atoms with van der Waals surface area (Å²) in [5.41, 5.74) is -0.677. The summed E-state index contributed by atoms with van der Waals surface area (Å²) in [5, 5.41) is 3.24. The molecule has 0 radical (unpaired) electrons. The van der Waals surface area contributed by atoms with E-state index in [0.29, 0.717) is 36.1 Å². The van der Waals surface area contributed by atoms with Gasteiger partial charge in [-0.1, -0.05) is 41.5 Å². The van der Waals surface area contributed by atoms with Gasteiger partial charge in [-0.3, -0.25) is 14.5 Å². The van der Waals surface area contributed by atoms with Gasteiger partial charge in [0, 0.05) is 45.1 Å². The molecule has 0 aromatic rings. The van der Waals surface area contributed by atoms with Gasteiger partial charge >= 0.3 is 0 Å². The van der Waals surface area contributed by atoms with Crippen LogP contribution in [-0.4, -0.2) is 59.4 Å². The molecule has 0 aromatic carbocycles. The van der Waals surface area contributed by atoms with Crippen molar-refractivity contribution in [3.8, 4) is 0 Å². The molecule has 0 aromatic heterocycles. The first-order chi connectivity index (χ1) is 13.1. The van der Waals surface area contributed by atoms with Crippen LogP contribution in [0.2, 0.25) is 0 Å². The summed E-state index contributed by atoms with van der Waals surface area (Å²) in [6.07, 6.45) is 2.23. The smallest absolute Gasteiger partial charge is 0.247 e. The Morgan fingerprint density at radius 1 is 1.04 bits per heavy atom. The van der Waals surface area contributed by atoms with Crippen LogP contribution in [0.15, 0.2) is 0 Å². The number of fused-ring (bicyclic) bond motifs is 1. The first-order valence-electron chi connectivity index (χ1n) is 11.4. The molecule has 28 heavy (non-hydrogen) atoms. The van der Waals surface area contributed by atoms with Gasteiger partial charge in [0.1, 0.15) is 5.54 Å². The fraction of sp³-hybridized carbons (Fsp3) is 0.913. The zero-order chi connectivity index (χ0) is 20.8. The zero-order valence-corrected chi connectivity index (χ0v) is 19.0. The molecule has 4 bridgehead atoms. The lowest BCUT2D eigenvalue weighted by molar-refractivity contribution is -0.173. The number of hydrogen-bond donors (Lipinski definition) is 1. The third-order valence-electron chi connectivity index (χ3n) is 7.14. The summed E-state index contributed by atoms with van der Waals surface area (Å²) >= 11 is 0. The van der Waals surface area contributed by atoms with Crippen LogP contribution in [0.4, 0.5) is 0 Å². The maximum atomic E-state index is 13.8. The van der Waals surface area contributed by atoms with Crippen LogP contribution in [0.25, 0.3) is 0 Å². The molecule has 1 N–H and O–H groups in total. The van der Waals surface area contributed by atoms with Gasteiger partial charge in [0.05, 0.1) is 0 Å². The first-order valence-corrected chi connectivity index (χ1v) is 11.4. The second kappa shape index (κ2) is 7.97. The van der Waals surface area contributed by atoms with Gasteiger partial charge in [0.15, 0.2) is 0 Å². The number of amides is 2. The molecule has 1 aliphatic carbocycles. The van der Waals surface area contributed by atoms with Gasteiger partial charge in [0.25, 0.3) is 0 Å². The standard InChI is InChI=1S/C23H41N3O2/c1-14(2)8-20-18-9-19-13-25(11-16(5)6)21(20)23(19,26(12-18)17(7)27)22(28)24-10-15(3)4/h14-16,18-21H,8-13H2,1-7H3,(H,24,28). The van der Waals surface area contributed by atoms with Crippen molar-refractivity contribution in [3.05, 3.63) is 0 Å². The van der Waals surface area contributed by atoms with Crippen LogP contribution >= 0.6 is 0 Å². The lowest BCUT2D eigenvalue weighted by atomic mass is 9.56. The number of nitrogens with one attached hydrogen (secondary N) is 1. The summed E-state index contributed by atoms with van der Waals surface area (Å²) in [7, 11) is 0. The minimum Gasteiger partial charge on any atom is -0.354 e. The Kier molecular flexibility index (Phi) is 6.15. The lowest BCUT2D eigenvalue weighted by Gasteiger charge is -2.61. The number of carbonyl (C=O) groups is 2. The summed E-state index contributed by atoms with van der Waals surface area (Å²) in [6, 6.07) is 0.158. The van der Waals surface area contributed by atoms with E-state index in [2.05, 4.69) is 51.8 Å². The monoisotopic (exact) mass is 391 g/mol. The Labute approximate surface area is 171 Å². The summed E-state index contributed by atoms with van der Waals surface area (Å²) < 4.78 is 0. The molecule has 160 valence electrons. The molecule has 3 aliphatic heterocycles. The molecule has 1 saturated carbocycles. The van der Waals surface area contributed by atoms with Crippen LogP contribution in [-0.2, 0) is 9.59 Å². The SMILES string of the molecule is CC(=O)N1CC2CC3CN(CC(C)C)C(C2CC(C)C)C31C(=O)NCC(C)C. The van der Waals surface area contributed by atoms with Gasteiger partial charge in [-0.15, -0.1) is 0 Å². The van der Waals surface area contributed by atoms with E-state index in [0.717, 1.165) is 32.5 Å². The quantitative estimate of drug-likeness (QED) is 0.726. The van der Waals surface area contributed by atoms with Crippen LogP contribution < -0.4 is 5.32 Å². The highest BCUT2D eigenvalue weighted by Crippen LogP contribution is 2.57. The molecule has 4 fully saturated rings. The topological polar surface area (TPSA) is 52.7 Å². The fourth-order valence-electron chi connectivity index (χ4n) is 6.47. The van der Waals surface area contributed by atoms with E-state index < -0.39 is 5.54 Å². The largest absolute Gasteiger partial charge is 0.354 e. The van der Waals surface area contributed by atoms with Crippen LogP contribution in [0.5, 0.6) is 0 Å². The van der Waals surface area contributed by atoms with Crippen molar-refractivity contribution >= 4 is 11.8 Å². The molecule has 5 heteroatoms. The third-order valence-corrected chi connectivity index (χ3v) is 7.14. The van der Waals surface area contributed by atoms with Crippen molar-refractivity contribution in [2.45, 2.75) is 72.9 Å². The predicted molar refractivity (Wildman–Crippen MR) is 113 cm³/mol. The molecule has 2 amide bonds. The predicted octanol–water partition coefficient (Wildman–Crippen LogP) is 3.00. The highest BCUT2D eigenvalue weighted by molar-refractivity contribution is 5.93. The molecule has 0 spiro atoms. The second-order valence-electron chi connectivity index (χ2n) is 10.8. The van der Waals surface area contributed by atoms with Gasteiger partial charge in [0.2, 0.25) is 11.8 Å². The average Bonchev–Trinajstić information content (AvgIpc) is 2.83. The Balaban J connectivity index is 2.05. The molecule has 3 heterocycles. The molecule has 5 unspecified atom stereocenters. The van der Waals surface area contributed by atoms with E-state index in [1.165, 1.54) is 0 Å². The molecule has 4 rings (SSSR count). The Hall–Kier alpha value is -1.10. The van der Waals surface area contributed by atoms with Crippen LogP contribution in [0.3, 0.4) is 0 Å². The molecule has 5 atom stereocenters. The van der Waals surface area contributed by atoms with Crippen molar-refractivity contribution in [2.24, 2.45) is 35.5 Å². The van der Waals surface area contributed by atoms with E-state index in [1.54, 1.807) is 6.92 Å². The van der Waals surface area contributed by atoms with Crippen molar-refractivity contribution in [1.29, 1.82) is 0 Å². The maximum Gasteiger partial charge on any atom is 0.247 e. The van der Waals surface area contributed by atoms with Gasteiger partial charge in [-0.05, 0) is 42.4 Å². The van der Waals surface area contributed by atoms with E-state index in [1.807, 2.05) is 4.90 Å². The van der Waals surface area contributed by atoms with E-state index in [9.17, 15) is 9.59 Å². The highest BCUT2D eigenvalue weighted by atomic mass is 16.2. The molecule has 5 nitrogen and oxygen atoms in total. The second-order valence-corrected chi connectivity index (χ2v) is 10.8. The molecule has 4 aliphatic rings. The number of likely N-dealkylation sites (tertiary alicyclic amines) is 1. The van der Waals surface area contributed by atoms with Gasteiger partial charge in [-0.2, -0.15) is 0 Å². The molecule has 3 saturated heterocycles. The molecular weight excluding hydrogens is 350 g/mol. The third kappa shape index (κ3) is 3.48. The normalized spacial score (nSPS) is 34.7. The van der Waals surface area contributed by atoms with Crippen molar-refractivity contribution in [3.63, 3.8) is 0 Å². The first kappa shape index (κ1) is 21.6. The summed E-state index contributed by atoms with van der Waals surface area (Å²) in [4.78, 5) is 31.1. The number of hydrogen-bond acceptors (Lipinski definition) is 3. The van der Waals surface area contributed by atoms with Crippen molar-refractivity contribution in [1.82, 2.24) is 15.1 Å². The maximum absolute atomic E-state index is 13.8.